The van der Waals surface area contributed by atoms with Crippen LogP contribution in [0.5, 0.6) is 0 Å². The number of carbonyl (C=O) groups excluding carboxylic acids is 2. The number of amides is 1. The van der Waals surface area contributed by atoms with Gasteiger partial charge in [0, 0.05) is 19.6 Å². The predicted molar refractivity (Wildman–Crippen MR) is 68.6 cm³/mol. The van der Waals surface area contributed by atoms with Gasteiger partial charge in [0.2, 0.25) is 0 Å². The molecule has 1 saturated heterocycles. The molecule has 1 unspecified atom stereocenters. The lowest BCUT2D eigenvalue weighted by Crippen LogP contribution is -2.55. The van der Waals surface area contributed by atoms with Crippen molar-refractivity contribution in [1.82, 2.24) is 4.90 Å². The van der Waals surface area contributed by atoms with E-state index in [2.05, 4.69) is 0 Å². The highest BCUT2D eigenvalue weighted by atomic mass is 16.6. The minimum absolute atomic E-state index is 0.166. The third-order valence-corrected chi connectivity index (χ3v) is 3.19. The van der Waals surface area contributed by atoms with Gasteiger partial charge in [0.25, 0.3) is 0 Å². The normalized spacial score (nSPS) is 23.3. The van der Waals surface area contributed by atoms with Gasteiger partial charge in [-0.3, -0.25) is 4.90 Å². The van der Waals surface area contributed by atoms with E-state index in [1.54, 1.807) is 20.8 Å². The number of carbonyl (C=O) groups is 2. The summed E-state index contributed by atoms with van der Waals surface area (Å²) >= 11 is 0. The number of aliphatic hydroxyl groups excluding tert-OH is 1. The highest BCUT2D eigenvalue weighted by Crippen LogP contribution is 2.34. The predicted octanol–water partition coefficient (Wildman–Crippen LogP) is 1.31. The maximum Gasteiger partial charge on any atom is 0.411 e. The van der Waals surface area contributed by atoms with Gasteiger partial charge < -0.3 is 14.6 Å². The first-order valence-electron chi connectivity index (χ1n) is 6.47. The number of hydrogen-bond acceptors (Lipinski definition) is 5. The van der Waals surface area contributed by atoms with E-state index in [-0.39, 0.29) is 13.0 Å². The van der Waals surface area contributed by atoms with E-state index >= 15 is 0 Å². The zero-order chi connectivity index (χ0) is 14.7. The minimum atomic E-state index is -1.09. The molecule has 1 amide bonds. The molecule has 6 heteroatoms. The van der Waals surface area contributed by atoms with Crippen LogP contribution in [0.25, 0.3) is 0 Å². The maximum atomic E-state index is 12.2. The van der Waals surface area contributed by atoms with E-state index in [1.807, 2.05) is 0 Å². The summed E-state index contributed by atoms with van der Waals surface area (Å²) in [5, 5.41) is 9.18. The van der Waals surface area contributed by atoms with Gasteiger partial charge in [0.1, 0.15) is 11.1 Å². The van der Waals surface area contributed by atoms with Crippen LogP contribution in [0.1, 0.15) is 40.0 Å². The Labute approximate surface area is 113 Å². The van der Waals surface area contributed by atoms with Crippen molar-refractivity contribution in [3.8, 4) is 0 Å². The van der Waals surface area contributed by atoms with Gasteiger partial charge in [0.05, 0.1) is 7.11 Å². The quantitative estimate of drug-likeness (QED) is 0.785. The molecule has 19 heavy (non-hydrogen) atoms. The molecular weight excluding hydrogens is 250 g/mol. The Hall–Kier alpha value is -1.30. The molecule has 1 rings (SSSR count). The molecule has 0 aromatic heterocycles. The van der Waals surface area contributed by atoms with Crippen LogP contribution in [0.2, 0.25) is 0 Å². The molecular formula is C13H23NO5. The van der Waals surface area contributed by atoms with Gasteiger partial charge in [-0.2, -0.15) is 0 Å². The second-order valence-corrected chi connectivity index (χ2v) is 5.73. The third-order valence-electron chi connectivity index (χ3n) is 3.19. The smallest absolute Gasteiger partial charge is 0.411 e. The van der Waals surface area contributed by atoms with Crippen molar-refractivity contribution in [2.45, 2.75) is 51.2 Å². The summed E-state index contributed by atoms with van der Waals surface area (Å²) < 4.78 is 10.1. The molecule has 0 aromatic carbocycles. The SMILES string of the molecule is COC(=O)C1(CCO)CCCN1C(=O)OC(C)(C)C. The fourth-order valence-corrected chi connectivity index (χ4v) is 2.41. The van der Waals surface area contributed by atoms with Crippen molar-refractivity contribution in [3.63, 3.8) is 0 Å². The lowest BCUT2D eigenvalue weighted by atomic mass is 9.92. The Morgan fingerprint density at radius 3 is 2.47 bits per heavy atom. The number of rotatable bonds is 3. The third kappa shape index (κ3) is 3.37. The summed E-state index contributed by atoms with van der Waals surface area (Å²) in [4.78, 5) is 25.6. The number of esters is 1. The van der Waals surface area contributed by atoms with Crippen molar-refractivity contribution in [3.05, 3.63) is 0 Å². The molecule has 0 aromatic rings. The van der Waals surface area contributed by atoms with Crippen LogP contribution in [0.4, 0.5) is 4.79 Å². The van der Waals surface area contributed by atoms with Crippen LogP contribution in [-0.4, -0.2) is 53.5 Å². The van der Waals surface area contributed by atoms with Crippen molar-refractivity contribution < 1.29 is 24.2 Å². The molecule has 1 heterocycles. The second kappa shape index (κ2) is 5.77. The minimum Gasteiger partial charge on any atom is -0.467 e. The topological polar surface area (TPSA) is 76.1 Å². The number of nitrogens with zero attached hydrogens (tertiary/aromatic N) is 1. The van der Waals surface area contributed by atoms with Gasteiger partial charge >= 0.3 is 12.1 Å². The highest BCUT2D eigenvalue weighted by molar-refractivity contribution is 5.86. The van der Waals surface area contributed by atoms with E-state index in [9.17, 15) is 14.7 Å². The average molecular weight is 273 g/mol. The molecule has 0 radical (unpaired) electrons. The van der Waals surface area contributed by atoms with E-state index in [1.165, 1.54) is 12.0 Å². The molecule has 0 aliphatic carbocycles. The zero-order valence-electron chi connectivity index (χ0n) is 12.1. The molecule has 1 aliphatic rings. The molecule has 6 nitrogen and oxygen atoms in total. The standard InChI is InChI=1S/C13H23NO5/c1-12(2,3)19-11(17)14-8-5-6-13(14,7-9-15)10(16)18-4/h15H,5-9H2,1-4H3. The lowest BCUT2D eigenvalue weighted by molar-refractivity contribution is -0.154. The van der Waals surface area contributed by atoms with Crippen molar-refractivity contribution in [2.75, 3.05) is 20.3 Å². The summed E-state index contributed by atoms with van der Waals surface area (Å²) in [5.41, 5.74) is -1.72. The fourth-order valence-electron chi connectivity index (χ4n) is 2.41. The zero-order valence-corrected chi connectivity index (χ0v) is 12.1. The molecule has 1 atom stereocenters. The second-order valence-electron chi connectivity index (χ2n) is 5.73. The number of ether oxygens (including phenoxy) is 2. The fraction of sp³-hybridized carbons (Fsp3) is 0.846. The molecule has 0 spiro atoms. The van der Waals surface area contributed by atoms with E-state index in [0.717, 1.165) is 0 Å². The van der Waals surface area contributed by atoms with Crippen LogP contribution >= 0.6 is 0 Å². The Morgan fingerprint density at radius 2 is 2.00 bits per heavy atom. The highest BCUT2D eigenvalue weighted by Gasteiger charge is 2.51. The Kier molecular flexibility index (Phi) is 4.79. The van der Waals surface area contributed by atoms with E-state index in [4.69, 9.17) is 9.47 Å². The summed E-state index contributed by atoms with van der Waals surface area (Å²) in [5.74, 6) is -0.495. The number of methoxy groups -OCH3 is 1. The summed E-state index contributed by atoms with van der Waals surface area (Å²) in [7, 11) is 1.28. The molecule has 110 valence electrons. The molecule has 1 aliphatic heterocycles. The van der Waals surface area contributed by atoms with Crippen LogP contribution in [-0.2, 0) is 14.3 Å². The summed E-state index contributed by atoms with van der Waals surface area (Å²) in [6.45, 7) is 5.56. The largest absolute Gasteiger partial charge is 0.467 e. The first kappa shape index (κ1) is 15.8. The van der Waals surface area contributed by atoms with Crippen LogP contribution in [0.15, 0.2) is 0 Å². The number of likely N-dealkylation sites (tertiary alicyclic amines) is 1. The molecule has 1 fully saturated rings. The molecule has 0 saturated carbocycles. The van der Waals surface area contributed by atoms with E-state index in [0.29, 0.717) is 19.4 Å². The Morgan fingerprint density at radius 1 is 1.37 bits per heavy atom. The van der Waals surface area contributed by atoms with Crippen molar-refractivity contribution in [2.24, 2.45) is 0 Å². The Balaban J connectivity index is 2.96. The van der Waals surface area contributed by atoms with E-state index < -0.39 is 23.2 Å². The first-order valence-corrected chi connectivity index (χ1v) is 6.47. The van der Waals surface area contributed by atoms with Crippen molar-refractivity contribution in [1.29, 1.82) is 0 Å². The van der Waals surface area contributed by atoms with Crippen LogP contribution in [0, 0.1) is 0 Å². The van der Waals surface area contributed by atoms with Crippen molar-refractivity contribution >= 4 is 12.1 Å². The number of hydrogen-bond donors (Lipinski definition) is 1. The van der Waals surface area contributed by atoms with Gasteiger partial charge in [-0.05, 0) is 33.6 Å². The monoisotopic (exact) mass is 273 g/mol. The van der Waals surface area contributed by atoms with Gasteiger partial charge in [0.15, 0.2) is 0 Å². The lowest BCUT2D eigenvalue weighted by Gasteiger charge is -2.36. The molecule has 0 bridgehead atoms. The van der Waals surface area contributed by atoms with Crippen LogP contribution < -0.4 is 0 Å². The first-order chi connectivity index (χ1) is 8.77. The summed E-state index contributed by atoms with van der Waals surface area (Å²) in [6, 6.07) is 0. The number of aliphatic hydroxyl groups is 1. The summed E-state index contributed by atoms with van der Waals surface area (Å²) in [6.07, 6.45) is 0.802. The maximum absolute atomic E-state index is 12.2. The van der Waals surface area contributed by atoms with Gasteiger partial charge in [-0.1, -0.05) is 0 Å². The van der Waals surface area contributed by atoms with Gasteiger partial charge in [-0.25, -0.2) is 9.59 Å². The average Bonchev–Trinajstić information content (AvgIpc) is 2.71. The van der Waals surface area contributed by atoms with Crippen LogP contribution in [0.3, 0.4) is 0 Å². The van der Waals surface area contributed by atoms with Gasteiger partial charge in [-0.15, -0.1) is 0 Å². The molecule has 1 N–H and O–H groups in total. The Bertz CT molecular complexity index is 349.